The number of esters is 1. The molecule has 0 aliphatic heterocycles. The van der Waals surface area contributed by atoms with Crippen LogP contribution in [0.25, 0.3) is 0 Å². The molecule has 3 atom stereocenters. The SMILES string of the molecule is O=C(OC1CCC(C2CCCCC2)CC1)[C@@H]1CC=C[C@H]2CCC[C@H]21. The maximum Gasteiger partial charge on any atom is 0.309 e. The summed E-state index contributed by atoms with van der Waals surface area (Å²) < 4.78 is 6.00. The van der Waals surface area contributed by atoms with Crippen molar-refractivity contribution in [1.82, 2.24) is 0 Å². The molecule has 0 N–H and O–H groups in total. The Bertz CT molecular complexity index is 455. The summed E-state index contributed by atoms with van der Waals surface area (Å²) in [5.74, 6) is 3.38. The molecule has 0 amide bonds. The zero-order chi connectivity index (χ0) is 16.4. The molecule has 0 aromatic carbocycles. The Labute approximate surface area is 147 Å². The van der Waals surface area contributed by atoms with Crippen LogP contribution in [0.15, 0.2) is 12.2 Å². The Balaban J connectivity index is 1.26. The first-order valence-corrected chi connectivity index (χ1v) is 10.7. The van der Waals surface area contributed by atoms with E-state index in [1.54, 1.807) is 0 Å². The van der Waals surface area contributed by atoms with Crippen molar-refractivity contribution < 1.29 is 9.53 Å². The van der Waals surface area contributed by atoms with Crippen molar-refractivity contribution in [3.63, 3.8) is 0 Å². The smallest absolute Gasteiger partial charge is 0.309 e. The molecule has 0 bridgehead atoms. The topological polar surface area (TPSA) is 26.3 Å². The zero-order valence-electron chi connectivity index (χ0n) is 15.1. The molecular weight excluding hydrogens is 296 g/mol. The third-order valence-corrected chi connectivity index (χ3v) is 7.54. The third-order valence-electron chi connectivity index (χ3n) is 7.54. The second kappa shape index (κ2) is 7.62. The molecule has 0 heterocycles. The van der Waals surface area contributed by atoms with E-state index in [2.05, 4.69) is 12.2 Å². The first-order chi connectivity index (χ1) is 11.8. The maximum absolute atomic E-state index is 12.7. The average Bonchev–Trinajstić information content (AvgIpc) is 3.12. The first kappa shape index (κ1) is 16.7. The van der Waals surface area contributed by atoms with Gasteiger partial charge in [0, 0.05) is 0 Å². The van der Waals surface area contributed by atoms with Crippen LogP contribution in [0.2, 0.25) is 0 Å². The van der Waals surface area contributed by atoms with Crippen LogP contribution in [0.3, 0.4) is 0 Å². The fraction of sp³-hybridized carbons (Fsp3) is 0.864. The average molecular weight is 331 g/mol. The van der Waals surface area contributed by atoms with E-state index in [9.17, 15) is 4.79 Å². The summed E-state index contributed by atoms with van der Waals surface area (Å²) in [7, 11) is 0. The van der Waals surface area contributed by atoms with Gasteiger partial charge in [-0.25, -0.2) is 0 Å². The van der Waals surface area contributed by atoms with Gasteiger partial charge in [-0.15, -0.1) is 0 Å². The van der Waals surface area contributed by atoms with Gasteiger partial charge in [-0.2, -0.15) is 0 Å². The Hall–Kier alpha value is -0.790. The highest BCUT2D eigenvalue weighted by Gasteiger charge is 2.40. The van der Waals surface area contributed by atoms with Gasteiger partial charge >= 0.3 is 5.97 Å². The molecule has 4 rings (SSSR count). The van der Waals surface area contributed by atoms with Gasteiger partial charge in [0.2, 0.25) is 0 Å². The van der Waals surface area contributed by atoms with Gasteiger partial charge in [-0.05, 0) is 68.6 Å². The standard InChI is InChI=1S/C22H34O2/c23-22(21-11-5-9-18-8-4-10-20(18)21)24-19-14-12-17(13-15-19)16-6-2-1-3-7-16/h5,9,16-21H,1-4,6-8,10-15H2/t17?,18-,19?,20-,21-/m1/s1. The van der Waals surface area contributed by atoms with Gasteiger partial charge in [0.15, 0.2) is 0 Å². The van der Waals surface area contributed by atoms with E-state index in [1.165, 1.54) is 64.2 Å². The highest BCUT2D eigenvalue weighted by Crippen LogP contribution is 2.43. The van der Waals surface area contributed by atoms with Crippen LogP contribution in [-0.4, -0.2) is 12.1 Å². The van der Waals surface area contributed by atoms with E-state index >= 15 is 0 Å². The maximum atomic E-state index is 12.7. The molecular formula is C22H34O2. The molecule has 3 saturated carbocycles. The number of ether oxygens (including phenoxy) is 1. The van der Waals surface area contributed by atoms with Gasteiger partial charge in [0.1, 0.15) is 6.10 Å². The summed E-state index contributed by atoms with van der Waals surface area (Å²) in [6.45, 7) is 0. The van der Waals surface area contributed by atoms with Crippen molar-refractivity contribution in [2.45, 2.75) is 89.6 Å². The molecule has 134 valence electrons. The van der Waals surface area contributed by atoms with Crippen LogP contribution < -0.4 is 0 Å². The molecule has 3 fully saturated rings. The van der Waals surface area contributed by atoms with E-state index in [1.807, 2.05) is 0 Å². The predicted molar refractivity (Wildman–Crippen MR) is 96.5 cm³/mol. The number of fused-ring (bicyclic) bond motifs is 1. The van der Waals surface area contributed by atoms with E-state index < -0.39 is 0 Å². The van der Waals surface area contributed by atoms with Crippen molar-refractivity contribution in [2.24, 2.45) is 29.6 Å². The molecule has 2 nitrogen and oxygen atoms in total. The number of carbonyl (C=O) groups is 1. The molecule has 0 aromatic heterocycles. The molecule has 0 radical (unpaired) electrons. The Morgan fingerprint density at radius 3 is 2.33 bits per heavy atom. The second-order valence-corrected chi connectivity index (χ2v) is 8.90. The normalized spacial score (nSPS) is 40.2. The Morgan fingerprint density at radius 2 is 1.54 bits per heavy atom. The Kier molecular flexibility index (Phi) is 5.29. The molecule has 0 aromatic rings. The minimum Gasteiger partial charge on any atom is -0.462 e. The lowest BCUT2D eigenvalue weighted by Crippen LogP contribution is -2.34. The largest absolute Gasteiger partial charge is 0.462 e. The molecule has 0 unspecified atom stereocenters. The van der Waals surface area contributed by atoms with Gasteiger partial charge in [-0.3, -0.25) is 4.79 Å². The highest BCUT2D eigenvalue weighted by atomic mass is 16.5. The number of hydrogen-bond donors (Lipinski definition) is 0. The summed E-state index contributed by atoms with van der Waals surface area (Å²) in [5.41, 5.74) is 0. The summed E-state index contributed by atoms with van der Waals surface area (Å²) in [4.78, 5) is 12.7. The summed E-state index contributed by atoms with van der Waals surface area (Å²) in [6.07, 6.45) is 21.5. The van der Waals surface area contributed by atoms with E-state index in [0.717, 1.165) is 31.1 Å². The minimum atomic E-state index is 0.123. The zero-order valence-corrected chi connectivity index (χ0v) is 15.1. The van der Waals surface area contributed by atoms with Gasteiger partial charge in [0.25, 0.3) is 0 Å². The van der Waals surface area contributed by atoms with Crippen molar-refractivity contribution in [3.8, 4) is 0 Å². The number of hydrogen-bond acceptors (Lipinski definition) is 2. The number of allylic oxidation sites excluding steroid dienone is 2. The Morgan fingerprint density at radius 1 is 0.792 bits per heavy atom. The predicted octanol–water partition coefficient (Wildman–Crippen LogP) is 5.66. The van der Waals surface area contributed by atoms with Crippen molar-refractivity contribution in [1.29, 1.82) is 0 Å². The molecule has 24 heavy (non-hydrogen) atoms. The van der Waals surface area contributed by atoms with Gasteiger partial charge < -0.3 is 4.74 Å². The number of rotatable bonds is 3. The highest BCUT2D eigenvalue weighted by molar-refractivity contribution is 5.73. The quantitative estimate of drug-likeness (QED) is 0.493. The fourth-order valence-electron chi connectivity index (χ4n) is 6.14. The molecule has 0 saturated heterocycles. The molecule has 4 aliphatic carbocycles. The summed E-state index contributed by atoms with van der Waals surface area (Å²) in [5, 5.41) is 0. The van der Waals surface area contributed by atoms with Crippen LogP contribution in [0.5, 0.6) is 0 Å². The van der Waals surface area contributed by atoms with E-state index in [0.29, 0.717) is 11.8 Å². The second-order valence-electron chi connectivity index (χ2n) is 8.90. The van der Waals surface area contributed by atoms with E-state index in [-0.39, 0.29) is 18.0 Å². The monoisotopic (exact) mass is 330 g/mol. The van der Waals surface area contributed by atoms with Crippen molar-refractivity contribution in [2.75, 3.05) is 0 Å². The lowest BCUT2D eigenvalue weighted by molar-refractivity contribution is -0.158. The fourth-order valence-corrected chi connectivity index (χ4v) is 6.14. The lowest BCUT2D eigenvalue weighted by Gasteiger charge is -2.36. The molecule has 4 aliphatic rings. The van der Waals surface area contributed by atoms with Gasteiger partial charge in [-0.1, -0.05) is 50.7 Å². The van der Waals surface area contributed by atoms with Crippen LogP contribution in [0, 0.1) is 29.6 Å². The van der Waals surface area contributed by atoms with Crippen molar-refractivity contribution in [3.05, 3.63) is 12.2 Å². The lowest BCUT2D eigenvalue weighted by atomic mass is 9.73. The van der Waals surface area contributed by atoms with Crippen LogP contribution >= 0.6 is 0 Å². The van der Waals surface area contributed by atoms with Crippen molar-refractivity contribution >= 4 is 5.97 Å². The van der Waals surface area contributed by atoms with Crippen LogP contribution in [-0.2, 0) is 9.53 Å². The van der Waals surface area contributed by atoms with E-state index in [4.69, 9.17) is 4.74 Å². The van der Waals surface area contributed by atoms with Crippen LogP contribution in [0.4, 0.5) is 0 Å². The first-order valence-electron chi connectivity index (χ1n) is 10.7. The van der Waals surface area contributed by atoms with Crippen LogP contribution in [0.1, 0.15) is 83.5 Å². The molecule has 0 spiro atoms. The minimum absolute atomic E-state index is 0.123. The van der Waals surface area contributed by atoms with Gasteiger partial charge in [0.05, 0.1) is 5.92 Å². The summed E-state index contributed by atoms with van der Waals surface area (Å²) >= 11 is 0. The number of carbonyl (C=O) groups excluding carboxylic acids is 1. The summed E-state index contributed by atoms with van der Waals surface area (Å²) in [6, 6.07) is 0. The molecule has 2 heteroatoms. The third kappa shape index (κ3) is 3.58.